The second-order valence-corrected chi connectivity index (χ2v) is 4.33. The van der Waals surface area contributed by atoms with Gasteiger partial charge >= 0.3 is 0 Å². The average molecular weight is 251 g/mol. The van der Waals surface area contributed by atoms with Gasteiger partial charge in [0.15, 0.2) is 0 Å². The summed E-state index contributed by atoms with van der Waals surface area (Å²) in [5.74, 6) is 0.0832. The summed E-state index contributed by atoms with van der Waals surface area (Å²) in [4.78, 5) is 22.6. The van der Waals surface area contributed by atoms with E-state index in [4.69, 9.17) is 4.74 Å². The fourth-order valence-corrected chi connectivity index (χ4v) is 2.06. The highest BCUT2D eigenvalue weighted by atomic mass is 32.2. The SMILES string of the molecule is COc1cc(O)cc(/C=C2\SC(=O)NC2=O)c1. The molecule has 0 saturated carbocycles. The molecular formula is C11H9NO4S. The molecule has 6 heteroatoms. The number of methoxy groups -OCH3 is 1. The van der Waals surface area contributed by atoms with Crippen LogP contribution in [0.3, 0.4) is 0 Å². The van der Waals surface area contributed by atoms with E-state index in [0.717, 1.165) is 11.8 Å². The van der Waals surface area contributed by atoms with E-state index in [1.54, 1.807) is 6.07 Å². The lowest BCUT2D eigenvalue weighted by molar-refractivity contribution is -0.115. The molecule has 0 atom stereocenters. The molecular weight excluding hydrogens is 242 g/mol. The van der Waals surface area contributed by atoms with Gasteiger partial charge in [0.2, 0.25) is 0 Å². The largest absolute Gasteiger partial charge is 0.508 e. The molecule has 2 rings (SSSR count). The third kappa shape index (κ3) is 2.59. The van der Waals surface area contributed by atoms with E-state index in [2.05, 4.69) is 5.32 Å². The molecule has 1 aliphatic heterocycles. The highest BCUT2D eigenvalue weighted by Crippen LogP contribution is 2.28. The van der Waals surface area contributed by atoms with Gasteiger partial charge in [-0.2, -0.15) is 0 Å². The van der Waals surface area contributed by atoms with Crippen LogP contribution in [0.4, 0.5) is 4.79 Å². The van der Waals surface area contributed by atoms with Crippen LogP contribution < -0.4 is 10.1 Å². The Hall–Kier alpha value is -1.95. The highest BCUT2D eigenvalue weighted by Gasteiger charge is 2.24. The van der Waals surface area contributed by atoms with E-state index in [-0.39, 0.29) is 5.75 Å². The number of benzene rings is 1. The maximum absolute atomic E-state index is 11.3. The van der Waals surface area contributed by atoms with Gasteiger partial charge in [-0.1, -0.05) is 0 Å². The van der Waals surface area contributed by atoms with Crippen LogP contribution in [-0.4, -0.2) is 23.4 Å². The minimum Gasteiger partial charge on any atom is -0.508 e. The van der Waals surface area contributed by atoms with Crippen LogP contribution in [-0.2, 0) is 4.79 Å². The van der Waals surface area contributed by atoms with Gasteiger partial charge in [-0.3, -0.25) is 14.9 Å². The van der Waals surface area contributed by atoms with Crippen molar-refractivity contribution in [3.8, 4) is 11.5 Å². The van der Waals surface area contributed by atoms with Gasteiger partial charge in [0.25, 0.3) is 11.1 Å². The zero-order valence-electron chi connectivity index (χ0n) is 8.89. The number of ether oxygens (including phenoxy) is 1. The average Bonchev–Trinajstić information content (AvgIpc) is 2.56. The number of phenolic OH excluding ortho intramolecular Hbond substituents is 1. The summed E-state index contributed by atoms with van der Waals surface area (Å²) in [5.41, 5.74) is 0.592. The summed E-state index contributed by atoms with van der Waals surface area (Å²) in [6, 6.07) is 4.59. The lowest BCUT2D eigenvalue weighted by atomic mass is 10.2. The van der Waals surface area contributed by atoms with Crippen LogP contribution in [0, 0.1) is 0 Å². The van der Waals surface area contributed by atoms with E-state index >= 15 is 0 Å². The molecule has 0 unspecified atom stereocenters. The molecule has 1 aliphatic rings. The normalized spacial score (nSPS) is 17.4. The lowest BCUT2D eigenvalue weighted by Crippen LogP contribution is -2.17. The van der Waals surface area contributed by atoms with E-state index in [1.165, 1.54) is 25.3 Å². The van der Waals surface area contributed by atoms with Crippen molar-refractivity contribution in [1.82, 2.24) is 5.32 Å². The van der Waals surface area contributed by atoms with Crippen LogP contribution >= 0.6 is 11.8 Å². The molecule has 2 N–H and O–H groups in total. The number of rotatable bonds is 2. The number of imide groups is 1. The first-order valence-corrected chi connectivity index (χ1v) is 5.53. The van der Waals surface area contributed by atoms with Crippen molar-refractivity contribution >= 4 is 29.0 Å². The van der Waals surface area contributed by atoms with Crippen LogP contribution in [0.1, 0.15) is 5.56 Å². The smallest absolute Gasteiger partial charge is 0.290 e. The Balaban J connectivity index is 2.35. The molecule has 0 aliphatic carbocycles. The fourth-order valence-electron chi connectivity index (χ4n) is 1.38. The monoisotopic (exact) mass is 251 g/mol. The molecule has 1 fully saturated rings. The zero-order valence-corrected chi connectivity index (χ0v) is 9.71. The molecule has 17 heavy (non-hydrogen) atoms. The highest BCUT2D eigenvalue weighted by molar-refractivity contribution is 8.18. The Morgan fingerprint density at radius 2 is 2.12 bits per heavy atom. The first kappa shape index (κ1) is 11.5. The van der Waals surface area contributed by atoms with Gasteiger partial charge in [-0.05, 0) is 35.5 Å². The summed E-state index contributed by atoms with van der Waals surface area (Å²) < 4.78 is 4.98. The summed E-state index contributed by atoms with van der Waals surface area (Å²) in [6.07, 6.45) is 1.52. The Morgan fingerprint density at radius 1 is 1.35 bits per heavy atom. The van der Waals surface area contributed by atoms with Crippen LogP contribution in [0.5, 0.6) is 11.5 Å². The number of aromatic hydroxyl groups is 1. The maximum Gasteiger partial charge on any atom is 0.290 e. The molecule has 0 aromatic heterocycles. The summed E-state index contributed by atoms with van der Waals surface area (Å²) >= 11 is 0.827. The molecule has 2 amide bonds. The first-order chi connectivity index (χ1) is 8.08. The summed E-state index contributed by atoms with van der Waals surface area (Å²) in [6.45, 7) is 0. The van der Waals surface area contributed by atoms with Crippen molar-refractivity contribution in [2.24, 2.45) is 0 Å². The molecule has 1 aromatic rings. The quantitative estimate of drug-likeness (QED) is 0.783. The van der Waals surface area contributed by atoms with Gasteiger partial charge in [-0.15, -0.1) is 0 Å². The number of carbonyl (C=O) groups is 2. The predicted molar refractivity (Wildman–Crippen MR) is 63.8 cm³/mol. The van der Waals surface area contributed by atoms with Crippen molar-refractivity contribution in [3.63, 3.8) is 0 Å². The van der Waals surface area contributed by atoms with Crippen LogP contribution in [0.15, 0.2) is 23.1 Å². The van der Waals surface area contributed by atoms with Gasteiger partial charge in [0.1, 0.15) is 11.5 Å². The third-order valence-electron chi connectivity index (χ3n) is 2.09. The Bertz CT molecular complexity index is 524. The molecule has 0 bridgehead atoms. The standard InChI is InChI=1S/C11H9NO4S/c1-16-8-3-6(2-7(13)5-8)4-9-10(14)12-11(15)17-9/h2-5,13H,1H3,(H,12,14,15)/b9-4-. The third-order valence-corrected chi connectivity index (χ3v) is 2.90. The molecule has 0 spiro atoms. The Labute approximate surface area is 101 Å². The number of thioether (sulfide) groups is 1. The Morgan fingerprint density at radius 3 is 2.71 bits per heavy atom. The van der Waals surface area contributed by atoms with Crippen molar-refractivity contribution in [2.75, 3.05) is 7.11 Å². The zero-order chi connectivity index (χ0) is 12.4. The number of nitrogens with one attached hydrogen (secondary N) is 1. The van der Waals surface area contributed by atoms with Crippen molar-refractivity contribution < 1.29 is 19.4 Å². The van der Waals surface area contributed by atoms with Gasteiger partial charge in [0.05, 0.1) is 12.0 Å². The number of carbonyl (C=O) groups excluding carboxylic acids is 2. The van der Waals surface area contributed by atoms with Crippen molar-refractivity contribution in [3.05, 3.63) is 28.7 Å². The minimum atomic E-state index is -0.428. The second kappa shape index (κ2) is 4.50. The molecule has 1 aromatic carbocycles. The topological polar surface area (TPSA) is 75.6 Å². The van der Waals surface area contributed by atoms with Crippen molar-refractivity contribution in [1.29, 1.82) is 0 Å². The van der Waals surface area contributed by atoms with Gasteiger partial charge in [-0.25, -0.2) is 0 Å². The number of amides is 2. The fraction of sp³-hybridized carbons (Fsp3) is 0.0909. The molecule has 1 saturated heterocycles. The van der Waals surface area contributed by atoms with Crippen LogP contribution in [0.25, 0.3) is 6.08 Å². The van der Waals surface area contributed by atoms with Gasteiger partial charge in [0, 0.05) is 6.07 Å². The summed E-state index contributed by atoms with van der Waals surface area (Å²) in [5, 5.41) is 11.2. The number of phenols is 1. The molecule has 0 radical (unpaired) electrons. The van der Waals surface area contributed by atoms with Crippen LogP contribution in [0.2, 0.25) is 0 Å². The molecule has 88 valence electrons. The van der Waals surface area contributed by atoms with E-state index in [1.807, 2.05) is 0 Å². The summed E-state index contributed by atoms with van der Waals surface area (Å²) in [7, 11) is 1.48. The maximum atomic E-state index is 11.3. The predicted octanol–water partition coefficient (Wildman–Crippen LogP) is 1.72. The van der Waals surface area contributed by atoms with Gasteiger partial charge < -0.3 is 9.84 Å². The lowest BCUT2D eigenvalue weighted by Gasteiger charge is -2.02. The van der Waals surface area contributed by atoms with E-state index < -0.39 is 11.1 Å². The second-order valence-electron chi connectivity index (χ2n) is 3.32. The van der Waals surface area contributed by atoms with E-state index in [9.17, 15) is 14.7 Å². The number of hydrogen-bond acceptors (Lipinski definition) is 5. The minimum absolute atomic E-state index is 0.0333. The Kier molecular flexibility index (Phi) is 3.06. The van der Waals surface area contributed by atoms with Crippen molar-refractivity contribution in [2.45, 2.75) is 0 Å². The molecule has 5 nitrogen and oxygen atoms in total. The number of hydrogen-bond donors (Lipinski definition) is 2. The first-order valence-electron chi connectivity index (χ1n) is 4.71. The van der Waals surface area contributed by atoms with E-state index in [0.29, 0.717) is 16.2 Å². The molecule has 1 heterocycles.